The average Bonchev–Trinajstić information content (AvgIpc) is 2.72. The fourth-order valence-electron chi connectivity index (χ4n) is 2.84. The summed E-state index contributed by atoms with van der Waals surface area (Å²) in [5.74, 6) is 0. The van der Waals surface area contributed by atoms with E-state index in [0.717, 1.165) is 18.3 Å². The number of hydrogen-bond donors (Lipinski definition) is 0. The molecule has 0 radical (unpaired) electrons. The quantitative estimate of drug-likeness (QED) is 0.467. The van der Waals surface area contributed by atoms with Crippen molar-refractivity contribution in [3.05, 3.63) is 42.9 Å². The maximum absolute atomic E-state index is 6.19. The lowest BCUT2D eigenvalue weighted by Gasteiger charge is -2.24. The molecule has 162 valence electrons. The van der Waals surface area contributed by atoms with Crippen molar-refractivity contribution in [1.82, 2.24) is 15.2 Å². The highest BCUT2D eigenvalue weighted by molar-refractivity contribution is 6.61. The predicted molar refractivity (Wildman–Crippen MR) is 120 cm³/mol. The second-order valence-electron chi connectivity index (χ2n) is 7.93. The van der Waals surface area contributed by atoms with Gasteiger partial charge >= 0.3 is 14.2 Å². The van der Waals surface area contributed by atoms with E-state index in [1.54, 1.807) is 18.6 Å². The fourth-order valence-corrected chi connectivity index (χ4v) is 2.84. The zero-order valence-corrected chi connectivity index (χ0v) is 18.9. The summed E-state index contributed by atoms with van der Waals surface area (Å²) in [5.41, 5.74) is 1.63. The lowest BCUT2D eigenvalue weighted by atomic mass is 9.78. The first-order valence-electron chi connectivity index (χ1n) is 10.6. The zero-order chi connectivity index (χ0) is 21.9. The molecule has 0 aliphatic heterocycles. The normalized spacial score (nSPS) is 13.5. The predicted octanol–water partition coefficient (Wildman–Crippen LogP) is 2.40. The van der Waals surface area contributed by atoms with E-state index in [2.05, 4.69) is 22.1 Å². The van der Waals surface area contributed by atoms with Gasteiger partial charge in [-0.2, -0.15) is 10.2 Å². The van der Waals surface area contributed by atoms with Gasteiger partial charge in [0.25, 0.3) is 0 Å². The van der Waals surface area contributed by atoms with Gasteiger partial charge in [0, 0.05) is 43.0 Å². The molecule has 2 heterocycles. The summed E-state index contributed by atoms with van der Waals surface area (Å²) in [6.45, 7) is 12.0. The molecule has 2 aromatic rings. The van der Waals surface area contributed by atoms with Gasteiger partial charge in [-0.15, -0.1) is 0 Å². The Bertz CT molecular complexity index is 648. The Hall–Kier alpha value is -1.80. The van der Waals surface area contributed by atoms with E-state index >= 15 is 0 Å². The van der Waals surface area contributed by atoms with Crippen LogP contribution in [0.5, 0.6) is 0 Å². The van der Waals surface area contributed by atoms with Gasteiger partial charge in [-0.05, 0) is 84.1 Å². The molecule has 0 fully saturated rings. The minimum absolute atomic E-state index is 0.00560. The molecule has 30 heavy (non-hydrogen) atoms. The van der Waals surface area contributed by atoms with Crippen molar-refractivity contribution in [3.63, 3.8) is 0 Å². The molecule has 2 unspecified atom stereocenters. The van der Waals surface area contributed by atoms with E-state index in [-0.39, 0.29) is 24.4 Å². The number of nitrogens with zero attached hydrogens (tertiary/aromatic N) is 3. The van der Waals surface area contributed by atoms with Crippen LogP contribution in [0.25, 0.3) is 0 Å². The van der Waals surface area contributed by atoms with E-state index in [0.29, 0.717) is 5.59 Å². The van der Waals surface area contributed by atoms with Gasteiger partial charge in [-0.3, -0.25) is 4.98 Å². The van der Waals surface area contributed by atoms with Crippen molar-refractivity contribution < 1.29 is 18.6 Å². The molecule has 2 aromatic heterocycles. The van der Waals surface area contributed by atoms with E-state index in [1.807, 2.05) is 58.9 Å². The van der Waals surface area contributed by atoms with Crippen LogP contribution in [0, 0.1) is 0 Å². The molecule has 7 nitrogen and oxygen atoms in total. The van der Waals surface area contributed by atoms with Gasteiger partial charge in [-0.1, -0.05) is 0 Å². The second-order valence-corrected chi connectivity index (χ2v) is 7.93. The van der Waals surface area contributed by atoms with Crippen LogP contribution in [0.2, 0.25) is 0 Å². The van der Waals surface area contributed by atoms with Crippen molar-refractivity contribution >= 4 is 25.3 Å². The van der Waals surface area contributed by atoms with Gasteiger partial charge in [0.1, 0.15) is 0 Å². The summed E-state index contributed by atoms with van der Waals surface area (Å²) in [7, 11) is -0.963. The highest BCUT2D eigenvalue weighted by atomic mass is 16.6. The number of hydrogen-bond acceptors (Lipinski definition) is 7. The number of pyridine rings is 1. The van der Waals surface area contributed by atoms with E-state index in [4.69, 9.17) is 18.6 Å². The topological polar surface area (TPSA) is 75.6 Å². The Morgan fingerprint density at radius 3 is 1.83 bits per heavy atom. The summed E-state index contributed by atoms with van der Waals surface area (Å²) in [6, 6.07) is 7.53. The van der Waals surface area contributed by atoms with Crippen molar-refractivity contribution in [2.24, 2.45) is 0 Å². The molecule has 0 amide bonds. The Kier molecular flexibility index (Phi) is 10.4. The summed E-state index contributed by atoms with van der Waals surface area (Å²) in [5, 5.41) is 8.07. The molecule has 0 aromatic carbocycles. The smallest absolute Gasteiger partial charge is 0.405 e. The third kappa shape index (κ3) is 8.92. The minimum Gasteiger partial charge on any atom is -0.405 e. The summed E-state index contributed by atoms with van der Waals surface area (Å²) >= 11 is 0. The Morgan fingerprint density at radius 1 is 0.733 bits per heavy atom. The van der Waals surface area contributed by atoms with Crippen LogP contribution in [0.15, 0.2) is 42.9 Å². The van der Waals surface area contributed by atoms with Gasteiger partial charge in [0.2, 0.25) is 0 Å². The molecule has 2 rings (SSSR count). The molecule has 0 aliphatic carbocycles. The van der Waals surface area contributed by atoms with Crippen molar-refractivity contribution in [1.29, 1.82) is 0 Å². The van der Waals surface area contributed by atoms with Crippen molar-refractivity contribution in [3.8, 4) is 0 Å². The molecule has 0 spiro atoms. The largest absolute Gasteiger partial charge is 0.515 e. The molecule has 0 N–H and O–H groups in total. The second kappa shape index (κ2) is 12.8. The summed E-state index contributed by atoms with van der Waals surface area (Å²) < 4.78 is 24.2. The first kappa shape index (κ1) is 24.5. The van der Waals surface area contributed by atoms with Crippen LogP contribution in [-0.2, 0) is 18.6 Å². The first-order chi connectivity index (χ1) is 14.3. The number of rotatable bonds is 13. The third-order valence-corrected chi connectivity index (χ3v) is 4.30. The summed E-state index contributed by atoms with van der Waals surface area (Å²) in [4.78, 5) is 4.07. The maximum Gasteiger partial charge on any atom is 0.515 e. The minimum atomic E-state index is -0.543. The molecule has 0 bridgehead atoms. The van der Waals surface area contributed by atoms with Crippen LogP contribution in [0.1, 0.15) is 54.4 Å². The zero-order valence-electron chi connectivity index (χ0n) is 18.9. The highest BCUT2D eigenvalue weighted by Gasteiger charge is 2.28. The monoisotopic (exact) mass is 413 g/mol. The Morgan fingerprint density at radius 2 is 1.30 bits per heavy atom. The third-order valence-electron chi connectivity index (χ3n) is 4.30. The van der Waals surface area contributed by atoms with Gasteiger partial charge in [-0.25, -0.2) is 0 Å². The summed E-state index contributed by atoms with van der Waals surface area (Å²) in [6.07, 6.45) is 6.79. The molecule has 0 saturated heterocycles. The van der Waals surface area contributed by atoms with Crippen LogP contribution < -0.4 is 11.1 Å². The standard InChI is InChI=1S/C21H33B2N3O4/c1-16(2)27-22(20-11-14-24-15-12-20)29-18(5)9-10-19(6)30-23(28-17(3)4)21-8-7-13-25-26-21/h7-8,11-19H,9-10H2,1-6H3. The highest BCUT2D eigenvalue weighted by Crippen LogP contribution is 2.12. The van der Waals surface area contributed by atoms with Crippen molar-refractivity contribution in [2.45, 2.75) is 78.8 Å². The van der Waals surface area contributed by atoms with E-state index in [9.17, 15) is 0 Å². The lowest BCUT2D eigenvalue weighted by Crippen LogP contribution is -2.43. The van der Waals surface area contributed by atoms with Crippen LogP contribution in [-0.4, -0.2) is 53.8 Å². The lowest BCUT2D eigenvalue weighted by molar-refractivity contribution is 0.0967. The maximum atomic E-state index is 6.19. The van der Waals surface area contributed by atoms with Crippen LogP contribution >= 0.6 is 0 Å². The first-order valence-corrected chi connectivity index (χ1v) is 10.6. The number of aromatic nitrogens is 3. The van der Waals surface area contributed by atoms with Gasteiger partial charge in [0.15, 0.2) is 0 Å². The van der Waals surface area contributed by atoms with Gasteiger partial charge < -0.3 is 18.6 Å². The molecule has 0 saturated carbocycles. The Balaban J connectivity index is 1.89. The molecule has 0 aliphatic rings. The SMILES string of the molecule is CC(C)OB(OC(C)CCC(C)OB(OC(C)C)c1cccnn1)c1ccncc1. The molecular weight excluding hydrogens is 380 g/mol. The molecule has 2 atom stereocenters. The van der Waals surface area contributed by atoms with Crippen LogP contribution in [0.4, 0.5) is 0 Å². The van der Waals surface area contributed by atoms with E-state index < -0.39 is 14.2 Å². The fraction of sp³-hybridized carbons (Fsp3) is 0.571. The van der Waals surface area contributed by atoms with Crippen LogP contribution in [0.3, 0.4) is 0 Å². The molecular formula is C21H33B2N3O4. The van der Waals surface area contributed by atoms with Crippen molar-refractivity contribution in [2.75, 3.05) is 0 Å². The Labute approximate surface area is 181 Å². The van der Waals surface area contributed by atoms with E-state index in [1.165, 1.54) is 0 Å². The van der Waals surface area contributed by atoms with Gasteiger partial charge in [0.05, 0.1) is 5.59 Å². The molecule has 9 heteroatoms. The average molecular weight is 413 g/mol.